The van der Waals surface area contributed by atoms with Gasteiger partial charge in [0, 0.05) is 13.1 Å². The molecule has 0 spiro atoms. The average Bonchev–Trinajstić information content (AvgIpc) is 2.26. The number of benzene rings is 1. The van der Waals surface area contributed by atoms with E-state index in [4.69, 9.17) is 0 Å². The van der Waals surface area contributed by atoms with Crippen LogP contribution >= 0.6 is 0 Å². The first-order chi connectivity index (χ1) is 7.52. The van der Waals surface area contributed by atoms with Gasteiger partial charge in [0.25, 0.3) is 0 Å². The molecule has 0 aromatic heterocycles. The second-order valence-electron chi connectivity index (χ2n) is 3.93. The normalized spacial score (nSPS) is 10.3. The summed E-state index contributed by atoms with van der Waals surface area (Å²) in [5.74, 6) is -0.402. The minimum atomic E-state index is -0.345. The zero-order valence-electron chi connectivity index (χ0n) is 9.83. The Kier molecular flexibility index (Phi) is 4.28. The van der Waals surface area contributed by atoms with Gasteiger partial charge in [-0.05, 0) is 26.0 Å². The highest BCUT2D eigenvalue weighted by molar-refractivity contribution is 5.80. The van der Waals surface area contributed by atoms with Crippen molar-refractivity contribution in [2.45, 2.75) is 19.9 Å². The molecule has 0 aliphatic heterocycles. The molecule has 4 heteroatoms. The lowest BCUT2D eigenvalue weighted by Crippen LogP contribution is -2.37. The number of amides is 1. The molecule has 0 saturated carbocycles. The lowest BCUT2D eigenvalue weighted by atomic mass is 10.3. The molecule has 0 bridgehead atoms. The number of likely N-dealkylation sites (N-methyl/N-ethyl adjacent to an activating group) is 1. The van der Waals surface area contributed by atoms with Crippen LogP contribution in [0, 0.1) is 5.82 Å². The maximum Gasteiger partial charge on any atom is 0.241 e. The van der Waals surface area contributed by atoms with Crippen LogP contribution in [0.1, 0.15) is 13.8 Å². The summed E-state index contributed by atoms with van der Waals surface area (Å²) >= 11 is 0. The van der Waals surface area contributed by atoms with Gasteiger partial charge < -0.3 is 10.2 Å². The van der Waals surface area contributed by atoms with Crippen molar-refractivity contribution < 1.29 is 9.18 Å². The van der Waals surface area contributed by atoms with E-state index in [1.807, 2.05) is 13.8 Å². The van der Waals surface area contributed by atoms with Gasteiger partial charge in [-0.25, -0.2) is 4.39 Å². The molecule has 1 N–H and O–H groups in total. The Bertz CT molecular complexity index is 366. The summed E-state index contributed by atoms with van der Waals surface area (Å²) in [7, 11) is 1.73. The molecule has 3 nitrogen and oxygen atoms in total. The van der Waals surface area contributed by atoms with Crippen molar-refractivity contribution in [3.05, 3.63) is 30.1 Å². The van der Waals surface area contributed by atoms with Crippen LogP contribution in [0.3, 0.4) is 0 Å². The Morgan fingerprint density at radius 1 is 1.44 bits per heavy atom. The third-order valence-electron chi connectivity index (χ3n) is 2.47. The highest BCUT2D eigenvalue weighted by atomic mass is 19.1. The standard InChI is InChI=1S/C12H17FN2O/c1-9(2)15(3)12(16)8-14-11-7-5-4-6-10(11)13/h4-7,9,14H,8H2,1-3H3. The van der Waals surface area contributed by atoms with Gasteiger partial charge in [0.05, 0.1) is 12.2 Å². The minimum Gasteiger partial charge on any atom is -0.374 e. The fourth-order valence-electron chi connectivity index (χ4n) is 1.19. The number of anilines is 1. The third-order valence-corrected chi connectivity index (χ3v) is 2.47. The summed E-state index contributed by atoms with van der Waals surface area (Å²) in [5, 5.41) is 2.78. The molecule has 0 atom stereocenters. The van der Waals surface area contributed by atoms with Crippen molar-refractivity contribution in [1.82, 2.24) is 4.90 Å². The Hall–Kier alpha value is -1.58. The molecule has 0 fully saturated rings. The number of halogens is 1. The highest BCUT2D eigenvalue weighted by Gasteiger charge is 2.11. The lowest BCUT2D eigenvalue weighted by molar-refractivity contribution is -0.129. The van der Waals surface area contributed by atoms with E-state index in [0.29, 0.717) is 5.69 Å². The van der Waals surface area contributed by atoms with Crippen LogP contribution < -0.4 is 5.32 Å². The predicted molar refractivity (Wildman–Crippen MR) is 62.8 cm³/mol. The van der Waals surface area contributed by atoms with E-state index in [-0.39, 0.29) is 24.3 Å². The molecule has 0 saturated heterocycles. The fourth-order valence-corrected chi connectivity index (χ4v) is 1.19. The van der Waals surface area contributed by atoms with Gasteiger partial charge in [-0.15, -0.1) is 0 Å². The maximum atomic E-state index is 13.2. The summed E-state index contributed by atoms with van der Waals surface area (Å²) in [4.78, 5) is 13.2. The van der Waals surface area contributed by atoms with Gasteiger partial charge in [-0.2, -0.15) is 0 Å². The Labute approximate surface area is 95.3 Å². The van der Waals surface area contributed by atoms with Gasteiger partial charge in [-0.3, -0.25) is 4.79 Å². The van der Waals surface area contributed by atoms with Crippen LogP contribution in [0.25, 0.3) is 0 Å². The first kappa shape index (κ1) is 12.5. The first-order valence-electron chi connectivity index (χ1n) is 5.26. The number of para-hydroxylation sites is 1. The third kappa shape index (κ3) is 3.22. The van der Waals surface area contributed by atoms with Crippen molar-refractivity contribution in [3.63, 3.8) is 0 Å². The smallest absolute Gasteiger partial charge is 0.241 e. The van der Waals surface area contributed by atoms with Crippen molar-refractivity contribution in [3.8, 4) is 0 Å². The molecule has 1 aromatic rings. The molecule has 0 unspecified atom stereocenters. The van der Waals surface area contributed by atoms with E-state index in [0.717, 1.165) is 0 Å². The molecule has 1 rings (SSSR count). The number of rotatable bonds is 4. The lowest BCUT2D eigenvalue weighted by Gasteiger charge is -2.21. The first-order valence-corrected chi connectivity index (χ1v) is 5.26. The number of hydrogen-bond acceptors (Lipinski definition) is 2. The van der Waals surface area contributed by atoms with Crippen LogP contribution in [0.4, 0.5) is 10.1 Å². The minimum absolute atomic E-state index is 0.0572. The number of hydrogen-bond donors (Lipinski definition) is 1. The molecule has 1 amide bonds. The SMILES string of the molecule is CC(C)N(C)C(=O)CNc1ccccc1F. The van der Waals surface area contributed by atoms with Crippen LogP contribution in [-0.2, 0) is 4.79 Å². The van der Waals surface area contributed by atoms with E-state index in [1.165, 1.54) is 6.07 Å². The average molecular weight is 224 g/mol. The number of nitrogens with one attached hydrogen (secondary N) is 1. The highest BCUT2D eigenvalue weighted by Crippen LogP contribution is 2.11. The number of carbonyl (C=O) groups excluding carboxylic acids is 1. The second kappa shape index (κ2) is 5.49. The van der Waals surface area contributed by atoms with Crippen LogP contribution in [-0.4, -0.2) is 30.4 Å². The van der Waals surface area contributed by atoms with Crippen LogP contribution in [0.5, 0.6) is 0 Å². The molecule has 0 heterocycles. The Morgan fingerprint density at radius 3 is 2.62 bits per heavy atom. The predicted octanol–water partition coefficient (Wildman–Crippen LogP) is 2.10. The van der Waals surface area contributed by atoms with Gasteiger partial charge in [0.1, 0.15) is 5.82 Å². The largest absolute Gasteiger partial charge is 0.374 e. The van der Waals surface area contributed by atoms with Gasteiger partial charge in [0.15, 0.2) is 0 Å². The quantitative estimate of drug-likeness (QED) is 0.849. The van der Waals surface area contributed by atoms with Crippen molar-refractivity contribution in [2.75, 3.05) is 18.9 Å². The van der Waals surface area contributed by atoms with E-state index in [9.17, 15) is 9.18 Å². The van der Waals surface area contributed by atoms with E-state index in [2.05, 4.69) is 5.32 Å². The van der Waals surface area contributed by atoms with Gasteiger partial charge >= 0.3 is 0 Å². The summed E-state index contributed by atoms with van der Waals surface area (Å²) < 4.78 is 13.2. The van der Waals surface area contributed by atoms with Crippen molar-refractivity contribution in [1.29, 1.82) is 0 Å². The van der Waals surface area contributed by atoms with Crippen molar-refractivity contribution in [2.24, 2.45) is 0 Å². The Balaban J connectivity index is 2.52. The maximum absolute atomic E-state index is 13.2. The Morgan fingerprint density at radius 2 is 2.06 bits per heavy atom. The molecule has 88 valence electrons. The number of nitrogens with zero attached hydrogens (tertiary/aromatic N) is 1. The topological polar surface area (TPSA) is 32.3 Å². The summed E-state index contributed by atoms with van der Waals surface area (Å²) in [6.45, 7) is 3.97. The van der Waals surface area contributed by atoms with Gasteiger partial charge in [-0.1, -0.05) is 12.1 Å². The zero-order valence-corrected chi connectivity index (χ0v) is 9.83. The van der Waals surface area contributed by atoms with E-state index < -0.39 is 0 Å². The molecule has 1 aromatic carbocycles. The van der Waals surface area contributed by atoms with Crippen molar-refractivity contribution >= 4 is 11.6 Å². The molecular weight excluding hydrogens is 207 g/mol. The fraction of sp³-hybridized carbons (Fsp3) is 0.417. The second-order valence-corrected chi connectivity index (χ2v) is 3.93. The summed E-state index contributed by atoms with van der Waals surface area (Å²) in [6, 6.07) is 6.46. The molecule has 0 aliphatic rings. The molecule has 0 aliphatic carbocycles. The zero-order chi connectivity index (χ0) is 12.1. The van der Waals surface area contributed by atoms with Crippen LogP contribution in [0.2, 0.25) is 0 Å². The molecular formula is C12H17FN2O. The summed E-state index contributed by atoms with van der Waals surface area (Å²) in [5.41, 5.74) is 0.355. The summed E-state index contributed by atoms with van der Waals surface area (Å²) in [6.07, 6.45) is 0. The molecule has 16 heavy (non-hydrogen) atoms. The number of carbonyl (C=O) groups is 1. The van der Waals surface area contributed by atoms with E-state index in [1.54, 1.807) is 30.1 Å². The van der Waals surface area contributed by atoms with E-state index >= 15 is 0 Å². The monoisotopic (exact) mass is 224 g/mol. The van der Waals surface area contributed by atoms with Crippen LogP contribution in [0.15, 0.2) is 24.3 Å². The molecule has 0 radical (unpaired) electrons. The van der Waals surface area contributed by atoms with Gasteiger partial charge in [0.2, 0.25) is 5.91 Å².